The Hall–Kier alpha value is -2.15. The standard InChI is InChI=1S/C17H17F4N3/c18-15-3-1-2-4-16(15)24-9-7-23(8-10-24)12-14-6-5-13(11-22-14)17(19,20)21/h1-6,11H,7-10,12H2. The van der Waals surface area contributed by atoms with Crippen molar-refractivity contribution in [1.29, 1.82) is 0 Å². The van der Waals surface area contributed by atoms with Gasteiger partial charge in [-0.1, -0.05) is 12.1 Å². The van der Waals surface area contributed by atoms with Crippen LogP contribution in [0.2, 0.25) is 0 Å². The Bertz CT molecular complexity index is 677. The van der Waals surface area contributed by atoms with Gasteiger partial charge in [0.1, 0.15) is 5.82 Å². The second-order valence-electron chi connectivity index (χ2n) is 5.75. The van der Waals surface area contributed by atoms with Gasteiger partial charge in [0.25, 0.3) is 0 Å². The third-order valence-electron chi connectivity index (χ3n) is 4.10. The lowest BCUT2D eigenvalue weighted by Gasteiger charge is -2.36. The zero-order chi connectivity index (χ0) is 17.2. The highest BCUT2D eigenvalue weighted by Crippen LogP contribution is 2.28. The maximum atomic E-state index is 13.8. The van der Waals surface area contributed by atoms with Crippen molar-refractivity contribution in [3.8, 4) is 0 Å². The van der Waals surface area contributed by atoms with E-state index in [9.17, 15) is 17.6 Å². The summed E-state index contributed by atoms with van der Waals surface area (Å²) < 4.78 is 51.4. The number of anilines is 1. The molecule has 24 heavy (non-hydrogen) atoms. The molecule has 1 aliphatic rings. The van der Waals surface area contributed by atoms with E-state index < -0.39 is 11.7 Å². The molecule has 1 aliphatic heterocycles. The van der Waals surface area contributed by atoms with Crippen LogP contribution >= 0.6 is 0 Å². The van der Waals surface area contributed by atoms with E-state index >= 15 is 0 Å². The molecule has 1 aromatic heterocycles. The summed E-state index contributed by atoms with van der Waals surface area (Å²) >= 11 is 0. The van der Waals surface area contributed by atoms with Gasteiger partial charge in [-0.3, -0.25) is 9.88 Å². The number of rotatable bonds is 3. The molecule has 3 nitrogen and oxygen atoms in total. The quantitative estimate of drug-likeness (QED) is 0.797. The van der Waals surface area contributed by atoms with Crippen molar-refractivity contribution in [3.05, 3.63) is 59.7 Å². The van der Waals surface area contributed by atoms with Gasteiger partial charge in [-0.25, -0.2) is 4.39 Å². The van der Waals surface area contributed by atoms with Crippen molar-refractivity contribution >= 4 is 5.69 Å². The maximum absolute atomic E-state index is 13.8. The van der Waals surface area contributed by atoms with Crippen molar-refractivity contribution in [2.75, 3.05) is 31.1 Å². The van der Waals surface area contributed by atoms with E-state index in [1.54, 1.807) is 18.2 Å². The van der Waals surface area contributed by atoms with E-state index in [-0.39, 0.29) is 5.82 Å². The fourth-order valence-electron chi connectivity index (χ4n) is 2.77. The van der Waals surface area contributed by atoms with Crippen molar-refractivity contribution < 1.29 is 17.6 Å². The lowest BCUT2D eigenvalue weighted by atomic mass is 10.2. The Balaban J connectivity index is 1.57. The van der Waals surface area contributed by atoms with Gasteiger partial charge in [0.2, 0.25) is 0 Å². The van der Waals surface area contributed by atoms with Crippen LogP contribution in [-0.4, -0.2) is 36.1 Å². The van der Waals surface area contributed by atoms with Gasteiger partial charge in [0.05, 0.1) is 16.9 Å². The predicted molar refractivity (Wildman–Crippen MR) is 83.1 cm³/mol. The topological polar surface area (TPSA) is 19.4 Å². The summed E-state index contributed by atoms with van der Waals surface area (Å²) in [5.41, 5.74) is 0.447. The fourth-order valence-corrected chi connectivity index (χ4v) is 2.77. The molecule has 0 bridgehead atoms. The van der Waals surface area contributed by atoms with Crippen molar-refractivity contribution in [2.45, 2.75) is 12.7 Å². The minimum Gasteiger partial charge on any atom is -0.367 e. The van der Waals surface area contributed by atoms with Crippen molar-refractivity contribution in [2.24, 2.45) is 0 Å². The van der Waals surface area contributed by atoms with Crippen LogP contribution in [0.5, 0.6) is 0 Å². The van der Waals surface area contributed by atoms with E-state index in [2.05, 4.69) is 9.88 Å². The first-order valence-electron chi connectivity index (χ1n) is 7.67. The molecule has 2 heterocycles. The molecule has 0 radical (unpaired) electrons. The number of benzene rings is 1. The Morgan fingerprint density at radius 2 is 1.67 bits per heavy atom. The number of halogens is 4. The number of hydrogen-bond acceptors (Lipinski definition) is 3. The van der Waals surface area contributed by atoms with Crippen LogP contribution in [0.1, 0.15) is 11.3 Å². The summed E-state index contributed by atoms with van der Waals surface area (Å²) in [4.78, 5) is 7.98. The van der Waals surface area contributed by atoms with E-state index in [4.69, 9.17) is 0 Å². The first-order valence-corrected chi connectivity index (χ1v) is 7.67. The van der Waals surface area contributed by atoms with Crippen LogP contribution in [0.15, 0.2) is 42.6 Å². The average Bonchev–Trinajstić information content (AvgIpc) is 2.56. The summed E-state index contributed by atoms with van der Waals surface area (Å²) in [6.45, 7) is 3.24. The van der Waals surface area contributed by atoms with E-state index in [0.717, 1.165) is 12.3 Å². The summed E-state index contributed by atoms with van der Waals surface area (Å²) in [7, 11) is 0. The zero-order valence-corrected chi connectivity index (χ0v) is 12.9. The monoisotopic (exact) mass is 339 g/mol. The number of alkyl halides is 3. The molecule has 0 saturated carbocycles. The second kappa shape index (κ2) is 6.76. The number of hydrogen-bond donors (Lipinski definition) is 0. The highest BCUT2D eigenvalue weighted by molar-refractivity contribution is 5.48. The summed E-state index contributed by atoms with van der Waals surface area (Å²) in [5, 5.41) is 0. The van der Waals surface area contributed by atoms with Crippen LogP contribution in [0.4, 0.5) is 23.2 Å². The minimum atomic E-state index is -4.36. The van der Waals surface area contributed by atoms with Crippen LogP contribution in [0.3, 0.4) is 0 Å². The highest BCUT2D eigenvalue weighted by atomic mass is 19.4. The maximum Gasteiger partial charge on any atom is 0.417 e. The van der Waals surface area contributed by atoms with Gasteiger partial charge in [-0.2, -0.15) is 13.2 Å². The molecule has 0 amide bonds. The van der Waals surface area contributed by atoms with E-state index in [1.807, 2.05) is 4.90 Å². The normalized spacial score (nSPS) is 16.4. The molecule has 1 fully saturated rings. The number of para-hydroxylation sites is 1. The number of nitrogens with zero attached hydrogens (tertiary/aromatic N) is 3. The first kappa shape index (κ1) is 16.7. The molecule has 0 spiro atoms. The van der Waals surface area contributed by atoms with Gasteiger partial charge in [-0.05, 0) is 24.3 Å². The minimum absolute atomic E-state index is 0.240. The van der Waals surface area contributed by atoms with Gasteiger partial charge in [0.15, 0.2) is 0 Å². The molecule has 128 valence electrons. The van der Waals surface area contributed by atoms with Gasteiger partial charge in [0, 0.05) is 38.9 Å². The summed E-state index contributed by atoms with van der Waals surface area (Å²) in [6, 6.07) is 9.11. The van der Waals surface area contributed by atoms with Crippen molar-refractivity contribution in [3.63, 3.8) is 0 Å². The lowest BCUT2D eigenvalue weighted by Crippen LogP contribution is -2.46. The van der Waals surface area contributed by atoms with Crippen molar-refractivity contribution in [1.82, 2.24) is 9.88 Å². The Morgan fingerprint density at radius 3 is 2.25 bits per heavy atom. The smallest absolute Gasteiger partial charge is 0.367 e. The molecular weight excluding hydrogens is 322 g/mol. The lowest BCUT2D eigenvalue weighted by molar-refractivity contribution is -0.137. The molecule has 1 saturated heterocycles. The summed E-state index contributed by atoms with van der Waals surface area (Å²) in [6.07, 6.45) is -3.50. The van der Waals surface area contributed by atoms with Crippen LogP contribution in [-0.2, 0) is 12.7 Å². The van der Waals surface area contributed by atoms with Gasteiger partial charge < -0.3 is 4.90 Å². The molecule has 0 aliphatic carbocycles. The molecule has 1 aromatic carbocycles. The number of piperazine rings is 1. The summed E-state index contributed by atoms with van der Waals surface area (Å²) in [5.74, 6) is -0.240. The van der Waals surface area contributed by atoms with E-state index in [1.165, 1.54) is 12.1 Å². The molecule has 3 rings (SSSR count). The highest BCUT2D eigenvalue weighted by Gasteiger charge is 2.30. The molecular formula is C17H17F4N3. The molecule has 0 atom stereocenters. The third kappa shape index (κ3) is 3.84. The largest absolute Gasteiger partial charge is 0.417 e. The number of aromatic nitrogens is 1. The Morgan fingerprint density at radius 1 is 0.958 bits per heavy atom. The third-order valence-corrected chi connectivity index (χ3v) is 4.10. The Labute approximate surface area is 137 Å². The molecule has 7 heteroatoms. The van der Waals surface area contributed by atoms with Crippen LogP contribution in [0, 0.1) is 5.82 Å². The molecule has 0 N–H and O–H groups in total. The SMILES string of the molecule is Fc1ccccc1N1CCN(Cc2ccc(C(F)(F)F)cn2)CC1. The molecule has 2 aromatic rings. The Kier molecular flexibility index (Phi) is 4.71. The number of pyridine rings is 1. The first-order chi connectivity index (χ1) is 11.4. The van der Waals surface area contributed by atoms with Crippen LogP contribution in [0.25, 0.3) is 0 Å². The fraction of sp³-hybridized carbons (Fsp3) is 0.353. The van der Waals surface area contributed by atoms with Gasteiger partial charge >= 0.3 is 6.18 Å². The second-order valence-corrected chi connectivity index (χ2v) is 5.75. The zero-order valence-electron chi connectivity index (χ0n) is 12.9. The van der Waals surface area contributed by atoms with E-state index in [0.29, 0.717) is 44.1 Å². The predicted octanol–water partition coefficient (Wildman–Crippen LogP) is 3.56. The van der Waals surface area contributed by atoms with Gasteiger partial charge in [-0.15, -0.1) is 0 Å². The average molecular weight is 339 g/mol. The molecule has 0 unspecified atom stereocenters. The van der Waals surface area contributed by atoms with Crippen LogP contribution < -0.4 is 4.90 Å².